The lowest BCUT2D eigenvalue weighted by Crippen LogP contribution is -2.52. The quantitative estimate of drug-likeness (QED) is 0.701. The summed E-state index contributed by atoms with van der Waals surface area (Å²) >= 11 is 7.32. The second-order valence-corrected chi connectivity index (χ2v) is 9.37. The summed E-state index contributed by atoms with van der Waals surface area (Å²) in [6.45, 7) is 3.06. The molecule has 0 aliphatic carbocycles. The maximum atomic E-state index is 13.3. The molecule has 0 spiro atoms. The van der Waals surface area contributed by atoms with Crippen LogP contribution in [0.2, 0.25) is 5.02 Å². The maximum absolute atomic E-state index is 13.3. The van der Waals surface area contributed by atoms with Gasteiger partial charge >= 0.3 is 0 Å². The third-order valence-corrected chi connectivity index (χ3v) is 7.03. The molecule has 2 heterocycles. The molecule has 0 saturated carbocycles. The van der Waals surface area contributed by atoms with E-state index in [2.05, 4.69) is 5.32 Å². The van der Waals surface area contributed by atoms with Crippen molar-refractivity contribution in [3.8, 4) is 0 Å². The Kier molecular flexibility index (Phi) is 6.53. The summed E-state index contributed by atoms with van der Waals surface area (Å²) in [6.07, 6.45) is 3.02. The number of carbonyl (C=O) groups is 3. The van der Waals surface area contributed by atoms with Gasteiger partial charge in [-0.25, -0.2) is 0 Å². The average molecular weight is 458 g/mol. The molecule has 1 atom stereocenters. The molecule has 2 aliphatic heterocycles. The van der Waals surface area contributed by atoms with Gasteiger partial charge in [0.15, 0.2) is 5.25 Å². The van der Waals surface area contributed by atoms with Gasteiger partial charge in [0.25, 0.3) is 5.91 Å². The molecule has 162 valence electrons. The van der Waals surface area contributed by atoms with E-state index >= 15 is 0 Å². The second kappa shape index (κ2) is 9.32. The highest BCUT2D eigenvalue weighted by Gasteiger charge is 2.41. The molecule has 2 aromatic carbocycles. The van der Waals surface area contributed by atoms with Crippen LogP contribution in [0, 0.1) is 6.92 Å². The van der Waals surface area contributed by atoms with E-state index in [1.807, 2.05) is 31.2 Å². The first-order valence-electron chi connectivity index (χ1n) is 10.4. The normalized spacial score (nSPS) is 18.5. The Hall–Kier alpha value is -2.51. The molecule has 4 rings (SSSR count). The number of piperidine rings is 1. The Morgan fingerprint density at radius 2 is 1.87 bits per heavy atom. The molecule has 1 N–H and O–H groups in total. The van der Waals surface area contributed by atoms with Gasteiger partial charge in [0.05, 0.1) is 5.69 Å². The average Bonchev–Trinajstić information content (AvgIpc) is 2.78. The van der Waals surface area contributed by atoms with Crippen LogP contribution in [-0.4, -0.2) is 47.5 Å². The van der Waals surface area contributed by atoms with E-state index in [1.54, 1.807) is 23.1 Å². The van der Waals surface area contributed by atoms with Gasteiger partial charge in [-0.05, 0) is 56.0 Å². The molecule has 3 amide bonds. The molecule has 0 aromatic heterocycles. The topological polar surface area (TPSA) is 69.7 Å². The summed E-state index contributed by atoms with van der Waals surface area (Å²) in [4.78, 5) is 43.3. The van der Waals surface area contributed by atoms with Crippen LogP contribution in [0.4, 0.5) is 11.4 Å². The van der Waals surface area contributed by atoms with Crippen LogP contribution in [0.25, 0.3) is 0 Å². The number of nitrogens with zero attached hydrogens (tertiary/aromatic N) is 2. The third kappa shape index (κ3) is 4.72. The van der Waals surface area contributed by atoms with Crippen molar-refractivity contribution in [2.75, 3.05) is 29.9 Å². The number of carbonyl (C=O) groups excluding carboxylic acids is 3. The van der Waals surface area contributed by atoms with E-state index in [0.717, 1.165) is 29.7 Å². The summed E-state index contributed by atoms with van der Waals surface area (Å²) in [5, 5.41) is 2.49. The number of rotatable bonds is 4. The largest absolute Gasteiger partial charge is 0.341 e. The molecular formula is C23H24ClN3O3S. The Labute approximate surface area is 190 Å². The highest BCUT2D eigenvalue weighted by molar-refractivity contribution is 8.01. The summed E-state index contributed by atoms with van der Waals surface area (Å²) in [6, 6.07) is 12.6. The van der Waals surface area contributed by atoms with Gasteiger partial charge in [-0.15, -0.1) is 11.8 Å². The molecule has 2 aliphatic rings. The minimum Gasteiger partial charge on any atom is -0.341 e. The smallest absolute Gasteiger partial charge is 0.250 e. The molecule has 1 unspecified atom stereocenters. The summed E-state index contributed by atoms with van der Waals surface area (Å²) < 4.78 is 0. The molecule has 0 bridgehead atoms. The molecule has 0 radical (unpaired) electrons. The number of hydrogen-bond acceptors (Lipinski definition) is 4. The Morgan fingerprint density at radius 1 is 1.13 bits per heavy atom. The van der Waals surface area contributed by atoms with Crippen LogP contribution < -0.4 is 10.2 Å². The lowest BCUT2D eigenvalue weighted by molar-refractivity contribution is -0.135. The fourth-order valence-electron chi connectivity index (χ4n) is 3.88. The van der Waals surface area contributed by atoms with Crippen molar-refractivity contribution in [3.05, 3.63) is 53.1 Å². The fourth-order valence-corrected chi connectivity index (χ4v) is 5.24. The van der Waals surface area contributed by atoms with Gasteiger partial charge in [-0.2, -0.15) is 0 Å². The van der Waals surface area contributed by atoms with Crippen molar-refractivity contribution in [2.45, 2.75) is 36.3 Å². The van der Waals surface area contributed by atoms with Gasteiger partial charge in [-0.1, -0.05) is 29.8 Å². The van der Waals surface area contributed by atoms with Gasteiger partial charge < -0.3 is 15.1 Å². The molecule has 31 heavy (non-hydrogen) atoms. The molecular weight excluding hydrogens is 434 g/mol. The van der Waals surface area contributed by atoms with E-state index < -0.39 is 5.25 Å². The number of aryl methyl sites for hydroxylation is 1. The predicted molar refractivity (Wildman–Crippen MR) is 124 cm³/mol. The van der Waals surface area contributed by atoms with E-state index in [4.69, 9.17) is 11.6 Å². The molecule has 6 nitrogen and oxygen atoms in total. The number of fused-ring (bicyclic) bond motifs is 1. The second-order valence-electron chi connectivity index (χ2n) is 7.78. The first-order valence-corrected chi connectivity index (χ1v) is 11.6. The highest BCUT2D eigenvalue weighted by Crippen LogP contribution is 2.40. The van der Waals surface area contributed by atoms with Crippen molar-refractivity contribution >= 4 is 52.5 Å². The standard InChI is InChI=1S/C23H24ClN3O3S/c1-15-9-10-16(24)13-17(15)25-20(28)14-27-18-7-3-4-8-19(18)31-21(23(27)30)22(29)26-11-5-2-6-12-26/h3-4,7-10,13,21H,2,5-6,11-12,14H2,1H3,(H,25,28). The molecule has 1 saturated heterocycles. The zero-order valence-corrected chi connectivity index (χ0v) is 18.8. The van der Waals surface area contributed by atoms with Crippen LogP contribution in [-0.2, 0) is 14.4 Å². The van der Waals surface area contributed by atoms with Crippen LogP contribution >= 0.6 is 23.4 Å². The number of anilines is 2. The first kappa shape index (κ1) is 21.7. The number of benzene rings is 2. The van der Waals surface area contributed by atoms with Crippen LogP contribution in [0.3, 0.4) is 0 Å². The Balaban J connectivity index is 1.56. The number of halogens is 1. The number of thioether (sulfide) groups is 1. The van der Waals surface area contributed by atoms with E-state index in [0.29, 0.717) is 29.5 Å². The van der Waals surface area contributed by atoms with Crippen molar-refractivity contribution in [2.24, 2.45) is 0 Å². The fraction of sp³-hybridized carbons (Fsp3) is 0.348. The van der Waals surface area contributed by atoms with Gasteiger partial charge in [0.1, 0.15) is 6.54 Å². The van der Waals surface area contributed by atoms with Crippen molar-refractivity contribution < 1.29 is 14.4 Å². The number of para-hydroxylation sites is 1. The third-order valence-electron chi connectivity index (χ3n) is 5.56. The summed E-state index contributed by atoms with van der Waals surface area (Å²) in [7, 11) is 0. The minimum atomic E-state index is -0.867. The summed E-state index contributed by atoms with van der Waals surface area (Å²) in [5.41, 5.74) is 2.13. The summed E-state index contributed by atoms with van der Waals surface area (Å²) in [5.74, 6) is -0.859. The van der Waals surface area contributed by atoms with Gasteiger partial charge in [0, 0.05) is 28.7 Å². The van der Waals surface area contributed by atoms with Crippen molar-refractivity contribution in [1.29, 1.82) is 0 Å². The van der Waals surface area contributed by atoms with Crippen molar-refractivity contribution in [3.63, 3.8) is 0 Å². The van der Waals surface area contributed by atoms with Crippen LogP contribution in [0.1, 0.15) is 24.8 Å². The number of nitrogens with one attached hydrogen (secondary N) is 1. The predicted octanol–water partition coefficient (Wildman–Crippen LogP) is 4.11. The van der Waals surface area contributed by atoms with E-state index in [9.17, 15) is 14.4 Å². The Morgan fingerprint density at radius 3 is 2.65 bits per heavy atom. The molecule has 8 heteroatoms. The monoisotopic (exact) mass is 457 g/mol. The lowest BCUT2D eigenvalue weighted by atomic mass is 10.1. The number of likely N-dealkylation sites (tertiary alicyclic amines) is 1. The van der Waals surface area contributed by atoms with Gasteiger partial charge in [-0.3, -0.25) is 14.4 Å². The van der Waals surface area contributed by atoms with Crippen molar-refractivity contribution in [1.82, 2.24) is 4.90 Å². The molecule has 1 fully saturated rings. The highest BCUT2D eigenvalue weighted by atomic mass is 35.5. The lowest BCUT2D eigenvalue weighted by Gasteiger charge is -2.36. The maximum Gasteiger partial charge on any atom is 0.250 e. The minimum absolute atomic E-state index is 0.166. The van der Waals surface area contributed by atoms with E-state index in [-0.39, 0.29) is 24.3 Å². The Bertz CT molecular complexity index is 1020. The van der Waals surface area contributed by atoms with Gasteiger partial charge in [0.2, 0.25) is 11.8 Å². The molecule has 2 aromatic rings. The van der Waals surface area contributed by atoms with Crippen LogP contribution in [0.15, 0.2) is 47.4 Å². The zero-order valence-electron chi connectivity index (χ0n) is 17.3. The first-order chi connectivity index (χ1) is 14.9. The van der Waals surface area contributed by atoms with Crippen LogP contribution in [0.5, 0.6) is 0 Å². The number of amides is 3. The SMILES string of the molecule is Cc1ccc(Cl)cc1NC(=O)CN1C(=O)C(C(=O)N2CCCCC2)Sc2ccccc21. The number of hydrogen-bond donors (Lipinski definition) is 1. The van der Waals surface area contributed by atoms with E-state index in [1.165, 1.54) is 16.7 Å². The zero-order chi connectivity index (χ0) is 22.0.